The van der Waals surface area contributed by atoms with Crippen LogP contribution < -0.4 is 5.32 Å². The van der Waals surface area contributed by atoms with Crippen LogP contribution in [0.2, 0.25) is 0 Å². The van der Waals surface area contributed by atoms with Gasteiger partial charge >= 0.3 is 0 Å². The Hall–Kier alpha value is -0.530. The van der Waals surface area contributed by atoms with Crippen LogP contribution in [-0.2, 0) is 4.79 Å². The van der Waals surface area contributed by atoms with Crippen LogP contribution in [-0.4, -0.2) is 11.9 Å². The molecule has 0 aromatic carbocycles. The van der Waals surface area contributed by atoms with Crippen molar-refractivity contribution in [1.82, 2.24) is 5.32 Å². The molecule has 0 saturated heterocycles. The second-order valence-corrected chi connectivity index (χ2v) is 4.37. The number of hydrogen-bond donors (Lipinski definition) is 1. The highest BCUT2D eigenvalue weighted by Crippen LogP contribution is 2.35. The third kappa shape index (κ3) is 2.84. The van der Waals surface area contributed by atoms with E-state index in [1.807, 2.05) is 13.8 Å². The van der Waals surface area contributed by atoms with Gasteiger partial charge in [-0.1, -0.05) is 6.92 Å². The van der Waals surface area contributed by atoms with Crippen molar-refractivity contribution in [3.8, 4) is 0 Å². The molecule has 0 unspecified atom stereocenters. The van der Waals surface area contributed by atoms with E-state index in [9.17, 15) is 4.79 Å². The van der Waals surface area contributed by atoms with Crippen LogP contribution >= 0.6 is 0 Å². The van der Waals surface area contributed by atoms with Gasteiger partial charge in [-0.25, -0.2) is 0 Å². The SMILES string of the molecule is CC1CC(CC(=O)NC(C)C)C1. The maximum atomic E-state index is 11.3. The molecule has 1 rings (SSSR count). The number of carbonyl (C=O) groups is 1. The van der Waals surface area contributed by atoms with E-state index < -0.39 is 0 Å². The van der Waals surface area contributed by atoms with Crippen LogP contribution in [0.4, 0.5) is 0 Å². The molecule has 0 aliphatic heterocycles. The molecule has 2 nitrogen and oxygen atoms in total. The summed E-state index contributed by atoms with van der Waals surface area (Å²) in [7, 11) is 0. The van der Waals surface area contributed by atoms with Crippen LogP contribution in [0.1, 0.15) is 40.0 Å². The minimum atomic E-state index is 0.224. The Labute approximate surface area is 74.7 Å². The van der Waals surface area contributed by atoms with Gasteiger partial charge in [0.1, 0.15) is 0 Å². The zero-order valence-corrected chi connectivity index (χ0v) is 8.26. The molecule has 0 heterocycles. The maximum Gasteiger partial charge on any atom is 0.220 e. The van der Waals surface area contributed by atoms with Gasteiger partial charge in [0.2, 0.25) is 5.91 Å². The first-order valence-electron chi connectivity index (χ1n) is 4.87. The minimum absolute atomic E-state index is 0.224. The zero-order valence-electron chi connectivity index (χ0n) is 8.26. The second kappa shape index (κ2) is 3.92. The predicted molar refractivity (Wildman–Crippen MR) is 49.8 cm³/mol. The first-order valence-corrected chi connectivity index (χ1v) is 4.87. The maximum absolute atomic E-state index is 11.3. The van der Waals surface area contributed by atoms with Gasteiger partial charge in [-0.15, -0.1) is 0 Å². The first-order chi connectivity index (χ1) is 5.58. The van der Waals surface area contributed by atoms with E-state index in [-0.39, 0.29) is 11.9 Å². The van der Waals surface area contributed by atoms with Crippen LogP contribution in [0.15, 0.2) is 0 Å². The molecule has 70 valence electrons. The zero-order chi connectivity index (χ0) is 9.14. The average Bonchev–Trinajstić information content (AvgIpc) is 1.82. The summed E-state index contributed by atoms with van der Waals surface area (Å²) in [4.78, 5) is 11.3. The summed E-state index contributed by atoms with van der Waals surface area (Å²) in [6.45, 7) is 6.25. The number of carbonyl (C=O) groups excluding carboxylic acids is 1. The summed E-state index contributed by atoms with van der Waals surface area (Å²) in [6, 6.07) is 0.287. The van der Waals surface area contributed by atoms with Crippen LogP contribution in [0, 0.1) is 11.8 Å². The first kappa shape index (κ1) is 9.56. The molecule has 12 heavy (non-hydrogen) atoms. The lowest BCUT2D eigenvalue weighted by Crippen LogP contribution is -2.34. The van der Waals surface area contributed by atoms with Crippen LogP contribution in [0.5, 0.6) is 0 Å². The summed E-state index contributed by atoms with van der Waals surface area (Å²) in [6.07, 6.45) is 3.22. The monoisotopic (exact) mass is 169 g/mol. The van der Waals surface area contributed by atoms with Gasteiger partial charge in [0.05, 0.1) is 0 Å². The van der Waals surface area contributed by atoms with Crippen LogP contribution in [0.3, 0.4) is 0 Å². The fourth-order valence-corrected chi connectivity index (χ4v) is 1.88. The van der Waals surface area contributed by atoms with Gasteiger partial charge in [0.15, 0.2) is 0 Å². The Balaban J connectivity index is 2.11. The average molecular weight is 169 g/mol. The van der Waals surface area contributed by atoms with Crippen LogP contribution in [0.25, 0.3) is 0 Å². The number of nitrogens with one attached hydrogen (secondary N) is 1. The van der Waals surface area contributed by atoms with E-state index >= 15 is 0 Å². The normalized spacial score (nSPS) is 28.3. The molecule has 0 bridgehead atoms. The van der Waals surface area contributed by atoms with Gasteiger partial charge in [0, 0.05) is 12.5 Å². The third-order valence-electron chi connectivity index (χ3n) is 2.40. The molecule has 1 N–H and O–H groups in total. The quantitative estimate of drug-likeness (QED) is 0.687. The standard InChI is InChI=1S/C10H19NO/c1-7(2)11-10(12)6-9-4-8(3)5-9/h7-9H,4-6H2,1-3H3,(H,11,12). The van der Waals surface area contributed by atoms with Crippen molar-refractivity contribution in [2.75, 3.05) is 0 Å². The fraction of sp³-hybridized carbons (Fsp3) is 0.900. The lowest BCUT2D eigenvalue weighted by Gasteiger charge is -2.32. The Kier molecular flexibility index (Phi) is 3.12. The van der Waals surface area contributed by atoms with Gasteiger partial charge < -0.3 is 5.32 Å². The molecule has 0 aromatic rings. The lowest BCUT2D eigenvalue weighted by atomic mass is 9.74. The molecule has 0 radical (unpaired) electrons. The summed E-state index contributed by atoms with van der Waals surface area (Å²) in [5.41, 5.74) is 0. The van der Waals surface area contributed by atoms with Gasteiger partial charge in [-0.05, 0) is 38.5 Å². The summed E-state index contributed by atoms with van der Waals surface area (Å²) >= 11 is 0. The molecular weight excluding hydrogens is 150 g/mol. The Morgan fingerprint density at radius 3 is 2.50 bits per heavy atom. The van der Waals surface area contributed by atoms with Crippen molar-refractivity contribution in [3.63, 3.8) is 0 Å². The molecule has 1 fully saturated rings. The van der Waals surface area contributed by atoms with E-state index in [2.05, 4.69) is 12.2 Å². The van der Waals surface area contributed by atoms with E-state index in [1.54, 1.807) is 0 Å². The number of rotatable bonds is 3. The molecule has 0 spiro atoms. The highest BCUT2D eigenvalue weighted by molar-refractivity contribution is 5.76. The van der Waals surface area contributed by atoms with Crippen molar-refractivity contribution in [2.24, 2.45) is 11.8 Å². The van der Waals surface area contributed by atoms with Gasteiger partial charge in [-0.2, -0.15) is 0 Å². The summed E-state index contributed by atoms with van der Waals surface area (Å²) < 4.78 is 0. The predicted octanol–water partition coefficient (Wildman–Crippen LogP) is 1.95. The third-order valence-corrected chi connectivity index (χ3v) is 2.40. The van der Waals surface area contributed by atoms with E-state index in [4.69, 9.17) is 0 Å². The highest BCUT2D eigenvalue weighted by atomic mass is 16.1. The molecular formula is C10H19NO. The Bertz CT molecular complexity index is 159. The fourth-order valence-electron chi connectivity index (χ4n) is 1.88. The topological polar surface area (TPSA) is 29.1 Å². The van der Waals surface area contributed by atoms with E-state index in [0.29, 0.717) is 5.92 Å². The van der Waals surface area contributed by atoms with Gasteiger partial charge in [-0.3, -0.25) is 4.79 Å². The molecule has 1 aliphatic rings. The van der Waals surface area contributed by atoms with E-state index in [1.165, 1.54) is 12.8 Å². The summed E-state index contributed by atoms with van der Waals surface area (Å²) in [5.74, 6) is 1.74. The molecule has 0 aromatic heterocycles. The molecule has 1 saturated carbocycles. The summed E-state index contributed by atoms with van der Waals surface area (Å²) in [5, 5.41) is 2.92. The Morgan fingerprint density at radius 1 is 1.50 bits per heavy atom. The largest absolute Gasteiger partial charge is 0.354 e. The Morgan fingerprint density at radius 2 is 2.08 bits per heavy atom. The molecule has 2 heteroatoms. The lowest BCUT2D eigenvalue weighted by molar-refractivity contribution is -0.123. The van der Waals surface area contributed by atoms with Crippen molar-refractivity contribution in [1.29, 1.82) is 0 Å². The molecule has 0 atom stereocenters. The number of amides is 1. The van der Waals surface area contributed by atoms with E-state index in [0.717, 1.165) is 12.3 Å². The number of hydrogen-bond acceptors (Lipinski definition) is 1. The van der Waals surface area contributed by atoms with Gasteiger partial charge in [0.25, 0.3) is 0 Å². The van der Waals surface area contributed by atoms with Crippen molar-refractivity contribution >= 4 is 5.91 Å². The minimum Gasteiger partial charge on any atom is -0.354 e. The van der Waals surface area contributed by atoms with Crippen molar-refractivity contribution < 1.29 is 4.79 Å². The smallest absolute Gasteiger partial charge is 0.220 e. The molecule has 1 aliphatic carbocycles. The van der Waals surface area contributed by atoms with Crippen molar-refractivity contribution in [2.45, 2.75) is 46.1 Å². The van der Waals surface area contributed by atoms with Crippen molar-refractivity contribution in [3.05, 3.63) is 0 Å². The second-order valence-electron chi connectivity index (χ2n) is 4.37. The highest BCUT2D eigenvalue weighted by Gasteiger charge is 2.27. The molecule has 1 amide bonds.